The van der Waals surface area contributed by atoms with Gasteiger partial charge in [-0.05, 0) is 42.0 Å². The van der Waals surface area contributed by atoms with Gasteiger partial charge in [0, 0.05) is 17.0 Å². The monoisotopic (exact) mass is 350 g/mol. The maximum absolute atomic E-state index is 13.0. The smallest absolute Gasteiger partial charge is 0.274 e. The molecule has 2 aromatic carbocycles. The van der Waals surface area contributed by atoms with E-state index in [-0.39, 0.29) is 11.9 Å². The van der Waals surface area contributed by atoms with E-state index in [4.69, 9.17) is 16.0 Å². The Kier molecular flexibility index (Phi) is 4.12. The quantitative estimate of drug-likeness (QED) is 0.672. The van der Waals surface area contributed by atoms with Crippen LogP contribution in [0.25, 0.3) is 0 Å². The van der Waals surface area contributed by atoms with Crippen LogP contribution in [-0.4, -0.2) is 16.6 Å². The lowest BCUT2D eigenvalue weighted by Crippen LogP contribution is -2.27. The Morgan fingerprint density at radius 1 is 1.04 bits per heavy atom. The number of carbonyl (C=O) groups is 1. The molecule has 2 heterocycles. The summed E-state index contributed by atoms with van der Waals surface area (Å²) in [5.74, 6) is 0.527. The molecule has 4 nitrogen and oxygen atoms in total. The minimum absolute atomic E-state index is 0.160. The number of hydrogen-bond acceptors (Lipinski definition) is 3. The number of hydrazone groups is 1. The third-order valence-electron chi connectivity index (χ3n) is 4.20. The van der Waals surface area contributed by atoms with Crippen molar-refractivity contribution in [2.75, 3.05) is 0 Å². The number of furan rings is 1. The molecule has 0 aliphatic carbocycles. The Bertz CT molecular complexity index is 903. The van der Waals surface area contributed by atoms with Gasteiger partial charge in [0.1, 0.15) is 11.5 Å². The summed E-state index contributed by atoms with van der Waals surface area (Å²) in [5.41, 5.74) is 2.35. The molecule has 25 heavy (non-hydrogen) atoms. The van der Waals surface area contributed by atoms with Crippen molar-refractivity contribution in [1.29, 1.82) is 0 Å². The average Bonchev–Trinajstić information content (AvgIpc) is 3.32. The van der Waals surface area contributed by atoms with Crippen LogP contribution in [-0.2, 0) is 0 Å². The van der Waals surface area contributed by atoms with Gasteiger partial charge in [-0.15, -0.1) is 0 Å². The molecule has 1 atom stereocenters. The average molecular weight is 351 g/mol. The molecule has 1 aliphatic heterocycles. The summed E-state index contributed by atoms with van der Waals surface area (Å²) in [6.45, 7) is 0. The molecule has 1 aromatic heterocycles. The van der Waals surface area contributed by atoms with Gasteiger partial charge in [-0.1, -0.05) is 41.9 Å². The molecule has 0 radical (unpaired) electrons. The Morgan fingerprint density at radius 3 is 2.48 bits per heavy atom. The molecule has 1 amide bonds. The van der Waals surface area contributed by atoms with Gasteiger partial charge in [0.05, 0.1) is 12.3 Å². The minimum atomic E-state index is -0.163. The van der Waals surface area contributed by atoms with Crippen LogP contribution in [0.5, 0.6) is 0 Å². The Morgan fingerprint density at radius 2 is 1.80 bits per heavy atom. The van der Waals surface area contributed by atoms with Gasteiger partial charge in [0.15, 0.2) is 0 Å². The van der Waals surface area contributed by atoms with Crippen molar-refractivity contribution >= 4 is 23.2 Å². The number of halogens is 1. The lowest BCUT2D eigenvalue weighted by atomic mass is 10.0. The lowest BCUT2D eigenvalue weighted by molar-refractivity contribution is 0.0711. The Labute approximate surface area is 150 Å². The molecular formula is C20H15ClN2O2. The fraction of sp³-hybridized carbons (Fsp3) is 0.100. The van der Waals surface area contributed by atoms with Crippen molar-refractivity contribution in [3.63, 3.8) is 0 Å². The second kappa shape index (κ2) is 6.57. The number of hydrogen-bond donors (Lipinski definition) is 0. The van der Waals surface area contributed by atoms with Gasteiger partial charge < -0.3 is 4.42 Å². The highest BCUT2D eigenvalue weighted by atomic mass is 35.5. The molecular weight excluding hydrogens is 336 g/mol. The summed E-state index contributed by atoms with van der Waals surface area (Å²) < 4.78 is 5.46. The van der Waals surface area contributed by atoms with Crippen LogP contribution < -0.4 is 0 Å². The Hall–Kier alpha value is -2.85. The lowest BCUT2D eigenvalue weighted by Gasteiger charge is -2.22. The van der Waals surface area contributed by atoms with Crippen LogP contribution in [0, 0.1) is 0 Å². The highest BCUT2D eigenvalue weighted by molar-refractivity contribution is 6.30. The maximum Gasteiger partial charge on any atom is 0.274 e. The number of amides is 1. The fourth-order valence-corrected chi connectivity index (χ4v) is 3.07. The first-order valence-electron chi connectivity index (χ1n) is 7.98. The minimum Gasteiger partial charge on any atom is -0.463 e. The molecule has 3 aromatic rings. The number of carbonyl (C=O) groups excluding carboxylic acids is 1. The predicted octanol–water partition coefficient (Wildman–Crippen LogP) is 4.92. The predicted molar refractivity (Wildman–Crippen MR) is 96.7 cm³/mol. The maximum atomic E-state index is 13.0. The fourth-order valence-electron chi connectivity index (χ4n) is 2.95. The molecule has 124 valence electrons. The van der Waals surface area contributed by atoms with Gasteiger partial charge in [-0.25, -0.2) is 5.01 Å². The molecule has 5 heteroatoms. The van der Waals surface area contributed by atoms with E-state index in [0.717, 1.165) is 11.3 Å². The zero-order chi connectivity index (χ0) is 17.2. The first kappa shape index (κ1) is 15.7. The molecule has 0 N–H and O–H groups in total. The largest absolute Gasteiger partial charge is 0.463 e. The highest BCUT2D eigenvalue weighted by Crippen LogP contribution is 2.34. The normalized spacial score (nSPS) is 16.8. The van der Waals surface area contributed by atoms with Gasteiger partial charge in [0.2, 0.25) is 0 Å². The summed E-state index contributed by atoms with van der Waals surface area (Å²) in [7, 11) is 0. The van der Waals surface area contributed by atoms with Gasteiger partial charge >= 0.3 is 0 Å². The number of nitrogens with zero attached hydrogens (tertiary/aromatic N) is 2. The summed E-state index contributed by atoms with van der Waals surface area (Å²) >= 11 is 5.93. The summed E-state index contributed by atoms with van der Waals surface area (Å²) in [6, 6.07) is 20.3. The first-order valence-corrected chi connectivity index (χ1v) is 8.35. The van der Waals surface area contributed by atoms with E-state index in [1.54, 1.807) is 30.5 Å². The molecule has 0 bridgehead atoms. The zero-order valence-corrected chi connectivity index (χ0v) is 14.1. The van der Waals surface area contributed by atoms with E-state index in [1.165, 1.54) is 5.01 Å². The molecule has 1 unspecified atom stereocenters. The van der Waals surface area contributed by atoms with Crippen molar-refractivity contribution in [1.82, 2.24) is 5.01 Å². The van der Waals surface area contributed by atoms with Crippen LogP contribution in [0.4, 0.5) is 0 Å². The van der Waals surface area contributed by atoms with Crippen LogP contribution >= 0.6 is 11.6 Å². The van der Waals surface area contributed by atoms with Crippen LogP contribution in [0.15, 0.2) is 82.5 Å². The van der Waals surface area contributed by atoms with Crippen molar-refractivity contribution in [3.05, 3.63) is 94.9 Å². The zero-order valence-electron chi connectivity index (χ0n) is 13.3. The highest BCUT2D eigenvalue weighted by Gasteiger charge is 2.34. The first-order chi connectivity index (χ1) is 12.2. The van der Waals surface area contributed by atoms with Crippen molar-refractivity contribution in [2.45, 2.75) is 12.5 Å². The molecule has 0 saturated heterocycles. The van der Waals surface area contributed by atoms with Gasteiger partial charge in [0.25, 0.3) is 5.91 Å². The molecule has 0 spiro atoms. The van der Waals surface area contributed by atoms with E-state index in [2.05, 4.69) is 5.10 Å². The summed E-state index contributed by atoms with van der Waals surface area (Å²) in [6.07, 6.45) is 2.22. The van der Waals surface area contributed by atoms with E-state index in [1.807, 2.05) is 42.5 Å². The molecule has 1 aliphatic rings. The Balaban J connectivity index is 1.71. The number of rotatable bonds is 3. The second-order valence-corrected chi connectivity index (χ2v) is 6.25. The van der Waals surface area contributed by atoms with Crippen LogP contribution in [0.2, 0.25) is 5.02 Å². The SMILES string of the molecule is O=C(c1ccc(Cl)cc1)N1N=C(c2ccco2)CC1c1ccccc1. The standard InChI is InChI=1S/C20H15ClN2O2/c21-16-10-8-15(9-11-16)20(24)23-18(14-5-2-1-3-6-14)13-17(22-23)19-7-4-12-25-19/h1-12,18H,13H2. The van der Waals surface area contributed by atoms with E-state index >= 15 is 0 Å². The topological polar surface area (TPSA) is 45.8 Å². The van der Waals surface area contributed by atoms with Crippen LogP contribution in [0.1, 0.15) is 34.1 Å². The van der Waals surface area contributed by atoms with E-state index in [9.17, 15) is 4.79 Å². The summed E-state index contributed by atoms with van der Waals surface area (Å²) in [5, 5.41) is 6.69. The molecule has 0 saturated carbocycles. The summed E-state index contributed by atoms with van der Waals surface area (Å²) in [4.78, 5) is 13.0. The molecule has 0 fully saturated rings. The number of benzene rings is 2. The second-order valence-electron chi connectivity index (χ2n) is 5.81. The van der Waals surface area contributed by atoms with E-state index in [0.29, 0.717) is 22.8 Å². The van der Waals surface area contributed by atoms with Crippen LogP contribution in [0.3, 0.4) is 0 Å². The van der Waals surface area contributed by atoms with Crippen molar-refractivity contribution in [3.8, 4) is 0 Å². The van der Waals surface area contributed by atoms with Gasteiger partial charge in [-0.2, -0.15) is 5.10 Å². The third kappa shape index (κ3) is 3.08. The third-order valence-corrected chi connectivity index (χ3v) is 4.45. The van der Waals surface area contributed by atoms with Crippen molar-refractivity contribution in [2.24, 2.45) is 5.10 Å². The van der Waals surface area contributed by atoms with E-state index < -0.39 is 0 Å². The van der Waals surface area contributed by atoms with Crippen molar-refractivity contribution < 1.29 is 9.21 Å². The molecule has 4 rings (SSSR count). The van der Waals surface area contributed by atoms with Gasteiger partial charge in [-0.3, -0.25) is 4.79 Å².